The maximum atomic E-state index is 11.2. The summed E-state index contributed by atoms with van der Waals surface area (Å²) >= 11 is 0. The van der Waals surface area contributed by atoms with Gasteiger partial charge in [0.25, 0.3) is 5.91 Å². The van der Waals surface area contributed by atoms with Gasteiger partial charge in [-0.1, -0.05) is 30.3 Å². The smallest absolute Gasteiger partial charge is 0.283 e. The van der Waals surface area contributed by atoms with Gasteiger partial charge in [-0.2, -0.15) is 5.10 Å². The molecule has 5 nitrogen and oxygen atoms in total. The third-order valence-electron chi connectivity index (χ3n) is 2.02. The molecule has 0 aliphatic carbocycles. The van der Waals surface area contributed by atoms with Gasteiger partial charge in [0.1, 0.15) is 5.69 Å². The Morgan fingerprint density at radius 2 is 2.07 bits per heavy atom. The van der Waals surface area contributed by atoms with Crippen molar-refractivity contribution < 1.29 is 4.79 Å². The van der Waals surface area contributed by atoms with E-state index in [0.29, 0.717) is 11.4 Å². The Morgan fingerprint density at radius 1 is 1.33 bits per heavy atom. The van der Waals surface area contributed by atoms with Crippen LogP contribution in [0.25, 0.3) is 11.3 Å². The standard InChI is InChI=1S/C10H10N4O/c11-12-10(15)9-6-8(13-14-9)7-4-2-1-3-5-7/h1-6H,11H2,(H,12,15)(H,13,14). The van der Waals surface area contributed by atoms with Crippen molar-refractivity contribution in [3.8, 4) is 11.3 Å². The highest BCUT2D eigenvalue weighted by molar-refractivity contribution is 5.92. The highest BCUT2D eigenvalue weighted by Crippen LogP contribution is 2.16. The van der Waals surface area contributed by atoms with Crippen LogP contribution >= 0.6 is 0 Å². The van der Waals surface area contributed by atoms with E-state index in [1.54, 1.807) is 6.07 Å². The summed E-state index contributed by atoms with van der Waals surface area (Å²) in [6.45, 7) is 0. The van der Waals surface area contributed by atoms with Gasteiger partial charge in [-0.3, -0.25) is 15.3 Å². The summed E-state index contributed by atoms with van der Waals surface area (Å²) in [4.78, 5) is 11.2. The fraction of sp³-hybridized carbons (Fsp3) is 0. The van der Waals surface area contributed by atoms with Gasteiger partial charge in [0.05, 0.1) is 5.69 Å². The Labute approximate surface area is 86.3 Å². The molecule has 5 heteroatoms. The normalized spacial score (nSPS) is 9.93. The number of rotatable bonds is 2. The van der Waals surface area contributed by atoms with Gasteiger partial charge in [0.15, 0.2) is 0 Å². The van der Waals surface area contributed by atoms with E-state index < -0.39 is 0 Å². The van der Waals surface area contributed by atoms with Gasteiger partial charge < -0.3 is 0 Å². The molecule has 0 bridgehead atoms. The molecule has 0 radical (unpaired) electrons. The van der Waals surface area contributed by atoms with Crippen molar-refractivity contribution in [1.29, 1.82) is 0 Å². The van der Waals surface area contributed by atoms with E-state index in [9.17, 15) is 4.79 Å². The molecular weight excluding hydrogens is 192 g/mol. The van der Waals surface area contributed by atoms with Crippen LogP contribution in [0.15, 0.2) is 36.4 Å². The monoisotopic (exact) mass is 202 g/mol. The first-order valence-electron chi connectivity index (χ1n) is 4.43. The van der Waals surface area contributed by atoms with Gasteiger partial charge in [0.2, 0.25) is 0 Å². The lowest BCUT2D eigenvalue weighted by atomic mass is 10.1. The summed E-state index contributed by atoms with van der Waals surface area (Å²) in [5.74, 6) is 4.62. The molecule has 0 atom stereocenters. The number of nitrogen functional groups attached to an aromatic ring is 1. The molecule has 0 aliphatic rings. The second kappa shape index (κ2) is 3.93. The molecule has 0 saturated carbocycles. The summed E-state index contributed by atoms with van der Waals surface area (Å²) in [5, 5.41) is 6.63. The number of amides is 1. The van der Waals surface area contributed by atoms with Gasteiger partial charge in [0, 0.05) is 5.56 Å². The summed E-state index contributed by atoms with van der Waals surface area (Å²) in [5.41, 5.74) is 4.05. The summed E-state index contributed by atoms with van der Waals surface area (Å²) in [7, 11) is 0. The van der Waals surface area contributed by atoms with Crippen molar-refractivity contribution in [2.75, 3.05) is 0 Å². The molecule has 0 fully saturated rings. The molecule has 1 aromatic carbocycles. The van der Waals surface area contributed by atoms with Gasteiger partial charge >= 0.3 is 0 Å². The molecule has 0 spiro atoms. The zero-order valence-electron chi connectivity index (χ0n) is 7.90. The molecule has 1 aromatic heterocycles. The zero-order chi connectivity index (χ0) is 10.7. The van der Waals surface area contributed by atoms with E-state index in [4.69, 9.17) is 5.84 Å². The second-order valence-electron chi connectivity index (χ2n) is 3.01. The van der Waals surface area contributed by atoms with Crippen LogP contribution in [0.2, 0.25) is 0 Å². The first-order chi connectivity index (χ1) is 7.31. The highest BCUT2D eigenvalue weighted by atomic mass is 16.2. The van der Waals surface area contributed by atoms with E-state index in [0.717, 1.165) is 5.56 Å². The molecule has 76 valence electrons. The number of benzene rings is 1. The number of nitrogens with zero attached hydrogens (tertiary/aromatic N) is 1. The third kappa shape index (κ3) is 1.87. The topological polar surface area (TPSA) is 83.8 Å². The van der Waals surface area contributed by atoms with Crippen molar-refractivity contribution >= 4 is 5.91 Å². The van der Waals surface area contributed by atoms with E-state index in [1.807, 2.05) is 35.8 Å². The maximum Gasteiger partial charge on any atom is 0.283 e. The van der Waals surface area contributed by atoms with Crippen LogP contribution in [-0.4, -0.2) is 16.1 Å². The van der Waals surface area contributed by atoms with Crippen molar-refractivity contribution in [2.45, 2.75) is 0 Å². The van der Waals surface area contributed by atoms with Crippen LogP contribution in [0.4, 0.5) is 0 Å². The van der Waals surface area contributed by atoms with Crippen molar-refractivity contribution in [3.05, 3.63) is 42.1 Å². The Kier molecular flexibility index (Phi) is 2.47. The van der Waals surface area contributed by atoms with Gasteiger partial charge in [-0.25, -0.2) is 5.84 Å². The molecule has 1 heterocycles. The maximum absolute atomic E-state index is 11.2. The lowest BCUT2D eigenvalue weighted by molar-refractivity contribution is 0.0948. The molecule has 0 unspecified atom stereocenters. The van der Waals surface area contributed by atoms with Crippen LogP contribution in [0, 0.1) is 0 Å². The van der Waals surface area contributed by atoms with E-state index >= 15 is 0 Å². The van der Waals surface area contributed by atoms with Gasteiger partial charge in [-0.15, -0.1) is 0 Å². The van der Waals surface area contributed by atoms with Gasteiger partial charge in [-0.05, 0) is 6.07 Å². The molecule has 2 rings (SSSR count). The predicted octanol–water partition coefficient (Wildman–Crippen LogP) is 0.680. The quantitative estimate of drug-likeness (QED) is 0.380. The zero-order valence-corrected chi connectivity index (χ0v) is 7.90. The summed E-state index contributed by atoms with van der Waals surface area (Å²) in [6.07, 6.45) is 0. The lowest BCUT2D eigenvalue weighted by Crippen LogP contribution is -2.30. The summed E-state index contributed by atoms with van der Waals surface area (Å²) < 4.78 is 0. The average Bonchev–Trinajstić information content (AvgIpc) is 2.78. The molecule has 0 aliphatic heterocycles. The van der Waals surface area contributed by atoms with Crippen LogP contribution < -0.4 is 11.3 Å². The van der Waals surface area contributed by atoms with E-state index in [2.05, 4.69) is 10.2 Å². The van der Waals surface area contributed by atoms with Crippen LogP contribution in [0.1, 0.15) is 10.5 Å². The lowest BCUT2D eigenvalue weighted by Gasteiger charge is -1.93. The Balaban J connectivity index is 2.32. The molecular formula is C10H10N4O. The SMILES string of the molecule is NNC(=O)c1cc(-c2ccccc2)n[nH]1. The first kappa shape index (κ1) is 9.42. The minimum Gasteiger partial charge on any atom is -0.289 e. The number of H-pyrrole nitrogens is 1. The van der Waals surface area contributed by atoms with Crippen molar-refractivity contribution in [2.24, 2.45) is 5.84 Å². The van der Waals surface area contributed by atoms with E-state index in [-0.39, 0.29) is 5.91 Å². The number of hydrogen-bond donors (Lipinski definition) is 3. The third-order valence-corrected chi connectivity index (χ3v) is 2.02. The second-order valence-corrected chi connectivity index (χ2v) is 3.01. The minimum atomic E-state index is -0.385. The number of carbonyl (C=O) groups is 1. The number of carbonyl (C=O) groups excluding carboxylic acids is 1. The minimum absolute atomic E-state index is 0.344. The molecule has 4 N–H and O–H groups in total. The number of hydrazine groups is 1. The number of nitrogens with two attached hydrogens (primary N) is 1. The van der Waals surface area contributed by atoms with E-state index in [1.165, 1.54) is 0 Å². The predicted molar refractivity (Wildman–Crippen MR) is 55.7 cm³/mol. The summed E-state index contributed by atoms with van der Waals surface area (Å²) in [6, 6.07) is 11.2. The number of aromatic nitrogens is 2. The van der Waals surface area contributed by atoms with Crippen LogP contribution in [0.3, 0.4) is 0 Å². The average molecular weight is 202 g/mol. The molecule has 1 amide bonds. The Hall–Kier alpha value is -2.14. The number of hydrogen-bond acceptors (Lipinski definition) is 3. The van der Waals surface area contributed by atoms with Crippen LogP contribution in [0.5, 0.6) is 0 Å². The number of nitrogens with one attached hydrogen (secondary N) is 2. The molecule has 0 saturated heterocycles. The fourth-order valence-electron chi connectivity index (χ4n) is 1.27. The highest BCUT2D eigenvalue weighted by Gasteiger charge is 2.08. The van der Waals surface area contributed by atoms with Crippen molar-refractivity contribution in [1.82, 2.24) is 15.6 Å². The Bertz CT molecular complexity index is 463. The van der Waals surface area contributed by atoms with Crippen molar-refractivity contribution in [3.63, 3.8) is 0 Å². The first-order valence-corrected chi connectivity index (χ1v) is 4.43. The fourth-order valence-corrected chi connectivity index (χ4v) is 1.27. The number of aromatic amines is 1. The van der Waals surface area contributed by atoms with Crippen LogP contribution in [-0.2, 0) is 0 Å². The molecule has 2 aromatic rings. The molecule has 15 heavy (non-hydrogen) atoms. The largest absolute Gasteiger partial charge is 0.289 e. The Morgan fingerprint density at radius 3 is 2.73 bits per heavy atom.